The van der Waals surface area contributed by atoms with Gasteiger partial charge in [-0.3, -0.25) is 14.9 Å². The Morgan fingerprint density at radius 1 is 1.53 bits per heavy atom. The van der Waals surface area contributed by atoms with Crippen LogP contribution in [0.25, 0.3) is 0 Å². The number of nitrogens with one attached hydrogen (secondary N) is 2. The van der Waals surface area contributed by atoms with Gasteiger partial charge in [0.25, 0.3) is 5.91 Å². The molecule has 19 heavy (non-hydrogen) atoms. The van der Waals surface area contributed by atoms with Gasteiger partial charge in [-0.05, 0) is 6.07 Å². The number of tetrazole rings is 1. The molecule has 0 aliphatic heterocycles. The second-order valence-corrected chi connectivity index (χ2v) is 3.44. The van der Waals surface area contributed by atoms with E-state index >= 15 is 0 Å². The second kappa shape index (κ2) is 5.08. The van der Waals surface area contributed by atoms with Gasteiger partial charge in [0.05, 0.1) is 17.0 Å². The Balaban J connectivity index is 2.15. The normalized spacial score (nSPS) is 10.1. The van der Waals surface area contributed by atoms with Crippen molar-refractivity contribution in [1.82, 2.24) is 25.9 Å². The molecular weight excluding hydrogens is 256 g/mol. The van der Waals surface area contributed by atoms with E-state index < -0.39 is 22.3 Å². The molecule has 0 aliphatic carbocycles. The van der Waals surface area contributed by atoms with E-state index in [-0.39, 0.29) is 17.9 Å². The van der Waals surface area contributed by atoms with Gasteiger partial charge < -0.3 is 10.4 Å². The van der Waals surface area contributed by atoms with Crippen LogP contribution in [0.1, 0.15) is 16.2 Å². The van der Waals surface area contributed by atoms with Crippen molar-refractivity contribution in [2.24, 2.45) is 0 Å². The van der Waals surface area contributed by atoms with E-state index in [1.54, 1.807) is 0 Å². The van der Waals surface area contributed by atoms with Crippen LogP contribution in [0.5, 0.6) is 5.75 Å². The van der Waals surface area contributed by atoms with Crippen molar-refractivity contribution in [3.05, 3.63) is 39.7 Å². The molecular formula is C9H8N6O4. The molecule has 10 nitrogen and oxygen atoms in total. The lowest BCUT2D eigenvalue weighted by atomic mass is 10.1. The van der Waals surface area contributed by atoms with Crippen molar-refractivity contribution >= 4 is 11.6 Å². The zero-order chi connectivity index (χ0) is 13.8. The molecule has 10 heteroatoms. The van der Waals surface area contributed by atoms with Crippen LogP contribution in [-0.4, -0.2) is 36.6 Å². The zero-order valence-corrected chi connectivity index (χ0v) is 9.40. The van der Waals surface area contributed by atoms with Gasteiger partial charge in [0, 0.05) is 6.07 Å². The number of para-hydroxylation sites is 1. The van der Waals surface area contributed by atoms with Crippen LogP contribution >= 0.6 is 0 Å². The Labute approximate surface area is 105 Å². The van der Waals surface area contributed by atoms with Gasteiger partial charge in [-0.1, -0.05) is 11.3 Å². The SMILES string of the molecule is O=C(NCc1nn[nH]n1)c1cccc([N+](=O)[O-])c1O. The molecule has 1 aromatic heterocycles. The van der Waals surface area contributed by atoms with Crippen LogP contribution < -0.4 is 5.32 Å². The first-order chi connectivity index (χ1) is 9.09. The summed E-state index contributed by atoms with van der Waals surface area (Å²) >= 11 is 0. The number of amides is 1. The minimum Gasteiger partial charge on any atom is -0.502 e. The smallest absolute Gasteiger partial charge is 0.311 e. The van der Waals surface area contributed by atoms with Crippen LogP contribution in [0.3, 0.4) is 0 Å². The number of nitro groups is 1. The van der Waals surface area contributed by atoms with Crippen LogP contribution in [-0.2, 0) is 6.54 Å². The molecule has 1 amide bonds. The molecule has 0 aliphatic rings. The van der Waals surface area contributed by atoms with Crippen molar-refractivity contribution in [1.29, 1.82) is 0 Å². The number of phenols is 1. The van der Waals surface area contributed by atoms with Crippen LogP contribution in [0, 0.1) is 10.1 Å². The summed E-state index contributed by atoms with van der Waals surface area (Å²) in [6.45, 7) is -0.0164. The molecule has 2 aromatic rings. The van der Waals surface area contributed by atoms with Crippen molar-refractivity contribution in [2.75, 3.05) is 0 Å². The first-order valence-electron chi connectivity index (χ1n) is 5.06. The highest BCUT2D eigenvalue weighted by Crippen LogP contribution is 2.28. The maximum Gasteiger partial charge on any atom is 0.311 e. The number of phenolic OH excluding ortho intramolecular Hbond substituents is 1. The Bertz CT molecular complexity index is 611. The maximum absolute atomic E-state index is 11.8. The molecule has 0 bridgehead atoms. The Morgan fingerprint density at radius 3 is 2.95 bits per heavy atom. The van der Waals surface area contributed by atoms with E-state index in [0.29, 0.717) is 0 Å². The molecule has 0 fully saturated rings. The predicted molar refractivity (Wildman–Crippen MR) is 60.1 cm³/mol. The quantitative estimate of drug-likeness (QED) is 0.509. The number of H-pyrrole nitrogens is 1. The first kappa shape index (κ1) is 12.4. The molecule has 1 heterocycles. The molecule has 2 rings (SSSR count). The zero-order valence-electron chi connectivity index (χ0n) is 9.40. The van der Waals surface area contributed by atoms with E-state index in [1.807, 2.05) is 0 Å². The summed E-state index contributed by atoms with van der Waals surface area (Å²) in [6.07, 6.45) is 0. The fourth-order valence-corrected chi connectivity index (χ4v) is 1.37. The number of nitrogens with zero attached hydrogens (tertiary/aromatic N) is 4. The molecule has 0 saturated heterocycles. The number of aromatic nitrogens is 4. The third-order valence-corrected chi connectivity index (χ3v) is 2.25. The van der Waals surface area contributed by atoms with Gasteiger partial charge in [-0.2, -0.15) is 5.21 Å². The number of hydrogen-bond acceptors (Lipinski definition) is 7. The standard InChI is InChI=1S/C9H8N6O4/c16-8-5(2-1-3-6(8)15(18)19)9(17)10-4-7-11-13-14-12-7/h1-3,16H,4H2,(H,10,17)(H,11,12,13,14). The van der Waals surface area contributed by atoms with E-state index in [1.165, 1.54) is 12.1 Å². The van der Waals surface area contributed by atoms with E-state index in [9.17, 15) is 20.0 Å². The lowest BCUT2D eigenvalue weighted by Gasteiger charge is -2.04. The molecule has 3 N–H and O–H groups in total. The molecule has 1 aromatic carbocycles. The average Bonchev–Trinajstić information content (AvgIpc) is 2.89. The number of nitro benzene ring substituents is 1. The predicted octanol–water partition coefficient (Wildman–Crippen LogP) is -0.257. The highest BCUT2D eigenvalue weighted by atomic mass is 16.6. The first-order valence-corrected chi connectivity index (χ1v) is 5.06. The third-order valence-electron chi connectivity index (χ3n) is 2.25. The van der Waals surface area contributed by atoms with Gasteiger partial charge in [0.1, 0.15) is 0 Å². The average molecular weight is 264 g/mol. The van der Waals surface area contributed by atoms with Crippen LogP contribution in [0.15, 0.2) is 18.2 Å². The van der Waals surface area contributed by atoms with Crippen LogP contribution in [0.2, 0.25) is 0 Å². The van der Waals surface area contributed by atoms with Gasteiger partial charge in [0.2, 0.25) is 5.75 Å². The summed E-state index contributed by atoms with van der Waals surface area (Å²) in [5.74, 6) is -1.11. The number of rotatable bonds is 4. The summed E-state index contributed by atoms with van der Waals surface area (Å²) in [6, 6.07) is 3.68. The van der Waals surface area contributed by atoms with Crippen LogP contribution in [0.4, 0.5) is 5.69 Å². The Hall–Kier alpha value is -3.04. The Kier molecular flexibility index (Phi) is 3.32. The topological polar surface area (TPSA) is 147 Å². The fourth-order valence-electron chi connectivity index (χ4n) is 1.37. The molecule has 98 valence electrons. The summed E-state index contributed by atoms with van der Waals surface area (Å²) < 4.78 is 0. The van der Waals surface area contributed by atoms with Gasteiger partial charge in [0.15, 0.2) is 5.82 Å². The lowest BCUT2D eigenvalue weighted by Crippen LogP contribution is -2.23. The Morgan fingerprint density at radius 2 is 2.32 bits per heavy atom. The monoisotopic (exact) mass is 264 g/mol. The summed E-state index contributed by atoms with van der Waals surface area (Å²) in [5.41, 5.74) is -0.732. The molecule has 0 unspecified atom stereocenters. The number of carbonyl (C=O) groups is 1. The van der Waals surface area contributed by atoms with Gasteiger partial charge >= 0.3 is 5.69 Å². The molecule has 0 atom stereocenters. The van der Waals surface area contributed by atoms with Gasteiger partial charge in [-0.15, -0.1) is 10.2 Å². The molecule has 0 spiro atoms. The summed E-state index contributed by atoms with van der Waals surface area (Å²) in [7, 11) is 0. The van der Waals surface area contributed by atoms with Crippen molar-refractivity contribution < 1.29 is 14.8 Å². The third kappa shape index (κ3) is 2.62. The largest absolute Gasteiger partial charge is 0.502 e. The fraction of sp³-hybridized carbons (Fsp3) is 0.111. The lowest BCUT2D eigenvalue weighted by molar-refractivity contribution is -0.385. The number of benzene rings is 1. The molecule has 0 radical (unpaired) electrons. The number of aromatic amines is 1. The highest BCUT2D eigenvalue weighted by Gasteiger charge is 2.20. The van der Waals surface area contributed by atoms with E-state index in [2.05, 4.69) is 25.9 Å². The molecule has 0 saturated carbocycles. The number of carbonyl (C=O) groups excluding carboxylic acids is 1. The van der Waals surface area contributed by atoms with E-state index in [0.717, 1.165) is 6.07 Å². The minimum absolute atomic E-state index is 0.0164. The van der Waals surface area contributed by atoms with Crippen molar-refractivity contribution in [3.8, 4) is 5.75 Å². The van der Waals surface area contributed by atoms with Crippen molar-refractivity contribution in [3.63, 3.8) is 0 Å². The van der Waals surface area contributed by atoms with Gasteiger partial charge in [-0.25, -0.2) is 0 Å². The van der Waals surface area contributed by atoms with Crippen molar-refractivity contribution in [2.45, 2.75) is 6.54 Å². The van der Waals surface area contributed by atoms with E-state index in [4.69, 9.17) is 0 Å². The minimum atomic E-state index is -0.773. The number of hydrogen-bond donors (Lipinski definition) is 3. The maximum atomic E-state index is 11.8. The summed E-state index contributed by atoms with van der Waals surface area (Å²) in [4.78, 5) is 21.6. The second-order valence-electron chi connectivity index (χ2n) is 3.44. The highest BCUT2D eigenvalue weighted by molar-refractivity contribution is 5.97. The summed E-state index contributed by atoms with van der Waals surface area (Å²) in [5, 5.41) is 35.4. The number of aromatic hydroxyl groups is 1.